The highest BCUT2D eigenvalue weighted by atomic mass is 35.5. The molecule has 0 radical (unpaired) electrons. The minimum atomic E-state index is -5.34. The van der Waals surface area contributed by atoms with Gasteiger partial charge >= 0.3 is 10.4 Å². The molecule has 4 amide bonds. The van der Waals surface area contributed by atoms with E-state index in [1.165, 1.54) is 72.5 Å². The van der Waals surface area contributed by atoms with Gasteiger partial charge in [0.05, 0.1) is 71.2 Å². The summed E-state index contributed by atoms with van der Waals surface area (Å²) in [5, 5.41) is 91.8. The van der Waals surface area contributed by atoms with Gasteiger partial charge in [0.15, 0.2) is 17.2 Å². The molecule has 4 aromatic carbocycles. The molecule has 2 unspecified atom stereocenters. The Hall–Kier alpha value is -7.60. The standard InChI is InChI=1S/C57H64ClN7O23S/c1-62(12-16-82-17-13-63-26-32(60-61-63)11-15-81-18-14-64-45(68)9-10-46(64)69)54(76)29-3-8-40(84-57-53(75)51(73)49(71)44(28-67)86-57)42(21-29)88-89(78,79)87-41-23-39-47(36-22-33(80-2)4-6-35(36)41)31(24-58)25-65(39)55(77)38-20-30-19-34(5-7-37(30)59-38)83-56-52(74)50(72)48(70)43(27-66)85-56/h3-10,19-23,26,31,43-44,48-53,56-57,59,66-67,70-75H,11-18,24-25,27-28H2,1-2H3/t31-,43?,44-,48+,49+,50+,51+,52-,53?,56-,57-/m1/s1. The van der Waals surface area contributed by atoms with Gasteiger partial charge in [0.1, 0.15) is 66.0 Å². The lowest BCUT2D eigenvalue weighted by atomic mass is 9.95. The number of benzene rings is 4. The van der Waals surface area contributed by atoms with Crippen LogP contribution in [-0.4, -0.2) is 243 Å². The number of ether oxygens (including phenoxy) is 7. The summed E-state index contributed by atoms with van der Waals surface area (Å²) in [6, 6.07) is 15.5. The number of alkyl halides is 1. The second-order valence-electron chi connectivity index (χ2n) is 21.1. The number of H-pyrrole nitrogens is 1. The molecule has 9 N–H and O–H groups in total. The number of hydrogen-bond donors (Lipinski definition) is 9. The number of methoxy groups -OCH3 is 1. The first-order chi connectivity index (χ1) is 42.7. The number of aromatic amines is 1. The third-order valence-corrected chi connectivity index (χ3v) is 16.4. The van der Waals surface area contributed by atoms with Crippen molar-refractivity contribution in [1.82, 2.24) is 29.8 Å². The van der Waals surface area contributed by atoms with Crippen molar-refractivity contribution in [3.8, 4) is 28.7 Å². The molecule has 10 rings (SSSR count). The fraction of sp³-hybridized carbons (Fsp3) is 0.439. The predicted octanol–water partition coefficient (Wildman–Crippen LogP) is -0.763. The van der Waals surface area contributed by atoms with Gasteiger partial charge < -0.3 is 97.2 Å². The first-order valence-electron chi connectivity index (χ1n) is 27.9. The molecule has 32 heteroatoms. The lowest BCUT2D eigenvalue weighted by Gasteiger charge is -2.39. The van der Waals surface area contributed by atoms with E-state index in [4.69, 9.17) is 53.1 Å². The van der Waals surface area contributed by atoms with E-state index in [0.29, 0.717) is 46.3 Å². The Morgan fingerprint density at radius 1 is 0.742 bits per heavy atom. The SMILES string of the molecule is COc1ccc2c(OS(=O)(=O)Oc3cc(C(=O)N(C)CCOCCn4cc(CCOCCN5C(=O)C=CC5=O)nn4)ccc3O[C@@H]3O[C@H](CO)[C@H](O)[C@H](O)C3O)cc3c(c2c1)[C@H](CCl)CN3C(=O)c1cc2cc(O[C@@H]3OC(CO)[C@H](O)[C@H](O)[C@H]3O)ccc2[nH]1. The number of likely N-dealkylation sites (N-methyl/N-ethyl adjacent to an activating group) is 1. The zero-order chi connectivity index (χ0) is 63.4. The molecule has 2 saturated heterocycles. The molecule has 30 nitrogen and oxygen atoms in total. The van der Waals surface area contributed by atoms with Crippen LogP contribution in [0.3, 0.4) is 0 Å². The summed E-state index contributed by atoms with van der Waals surface area (Å²) in [6.45, 7) is -0.368. The molecular weight excluding hydrogens is 1220 g/mol. The molecule has 2 aromatic heterocycles. The van der Waals surface area contributed by atoms with Crippen molar-refractivity contribution >= 4 is 73.0 Å². The number of hydrogen-bond acceptors (Lipinski definition) is 25. The molecule has 0 spiro atoms. The first kappa shape index (κ1) is 64.4. The molecule has 0 aliphatic carbocycles. The number of aliphatic hydroxyl groups is 8. The van der Waals surface area contributed by atoms with Crippen LogP contribution in [0.25, 0.3) is 21.7 Å². The second-order valence-corrected chi connectivity index (χ2v) is 22.6. The normalized spacial score (nSPS) is 24.4. The fourth-order valence-electron chi connectivity index (χ4n) is 10.5. The number of imide groups is 1. The van der Waals surface area contributed by atoms with Crippen LogP contribution in [-0.2, 0) is 51.9 Å². The Balaban J connectivity index is 0.852. The van der Waals surface area contributed by atoms with Gasteiger partial charge in [-0.15, -0.1) is 25.1 Å². The molecule has 6 aromatic rings. The van der Waals surface area contributed by atoms with Crippen LogP contribution in [0.5, 0.6) is 28.7 Å². The number of carbonyl (C=O) groups excluding carboxylic acids is 4. The minimum absolute atomic E-state index is 0.00550. The predicted molar refractivity (Wildman–Crippen MR) is 308 cm³/mol. The van der Waals surface area contributed by atoms with Gasteiger partial charge in [0.25, 0.3) is 23.6 Å². The van der Waals surface area contributed by atoms with E-state index >= 15 is 0 Å². The third kappa shape index (κ3) is 14.1. The molecule has 0 saturated carbocycles. The zero-order valence-electron chi connectivity index (χ0n) is 47.6. The van der Waals surface area contributed by atoms with E-state index in [0.717, 1.165) is 17.0 Å². The Morgan fingerprint density at radius 3 is 2.09 bits per heavy atom. The maximum Gasteiger partial charge on any atom is 0.501 e. The van der Waals surface area contributed by atoms with E-state index in [9.17, 15) is 68.4 Å². The van der Waals surface area contributed by atoms with Gasteiger partial charge in [0, 0.05) is 84.6 Å². The lowest BCUT2D eigenvalue weighted by molar-refractivity contribution is -0.277. The molecule has 2 fully saturated rings. The smallest absolute Gasteiger partial charge is 0.497 e. The Bertz CT molecular complexity index is 3700. The number of rotatable bonds is 26. The van der Waals surface area contributed by atoms with E-state index in [1.54, 1.807) is 29.1 Å². The van der Waals surface area contributed by atoms with Crippen LogP contribution in [0, 0.1) is 0 Å². The van der Waals surface area contributed by atoms with Gasteiger partial charge in [-0.05, 0) is 71.6 Å². The van der Waals surface area contributed by atoms with Crippen LogP contribution in [0.15, 0.2) is 85.1 Å². The molecular formula is C57H64ClN7O23S. The van der Waals surface area contributed by atoms with Crippen LogP contribution in [0.2, 0.25) is 0 Å². The van der Waals surface area contributed by atoms with Gasteiger partial charge in [-0.2, -0.15) is 0 Å². The number of halogens is 1. The van der Waals surface area contributed by atoms with Gasteiger partial charge in [-0.25, -0.2) is 4.68 Å². The highest BCUT2D eigenvalue weighted by molar-refractivity contribution is 7.82. The first-order valence-corrected chi connectivity index (χ1v) is 29.8. The number of nitrogens with zero attached hydrogens (tertiary/aromatic N) is 6. The second kappa shape index (κ2) is 27.6. The van der Waals surface area contributed by atoms with Gasteiger partial charge in [-0.3, -0.25) is 24.1 Å². The Labute approximate surface area is 511 Å². The Morgan fingerprint density at radius 2 is 1.40 bits per heavy atom. The van der Waals surface area contributed by atoms with E-state index < -0.39 is 114 Å². The maximum atomic E-state index is 14.7. The third-order valence-electron chi connectivity index (χ3n) is 15.3. The van der Waals surface area contributed by atoms with Crippen molar-refractivity contribution in [2.75, 3.05) is 84.2 Å². The summed E-state index contributed by atoms with van der Waals surface area (Å²) in [6.07, 6.45) is -12.1. The molecule has 4 aliphatic rings. The number of anilines is 1. The summed E-state index contributed by atoms with van der Waals surface area (Å²) >= 11 is 6.60. The summed E-state index contributed by atoms with van der Waals surface area (Å²) in [5.41, 5.74) is 1.76. The van der Waals surface area contributed by atoms with Crippen LogP contribution < -0.4 is 27.5 Å². The molecule has 4 aliphatic heterocycles. The Kier molecular flexibility index (Phi) is 20.0. The number of fused-ring (bicyclic) bond motifs is 4. The largest absolute Gasteiger partial charge is 0.501 e. The van der Waals surface area contributed by atoms with Crippen LogP contribution in [0.4, 0.5) is 5.69 Å². The summed E-state index contributed by atoms with van der Waals surface area (Å²) in [5.74, 6) is -3.55. The zero-order valence-corrected chi connectivity index (χ0v) is 49.2. The quantitative estimate of drug-likeness (QED) is 0.0183. The van der Waals surface area contributed by atoms with Crippen LogP contribution in [0.1, 0.15) is 38.0 Å². The number of aromatic nitrogens is 4. The highest BCUT2D eigenvalue weighted by Gasteiger charge is 2.47. The van der Waals surface area contributed by atoms with E-state index in [1.807, 2.05) is 0 Å². The molecule has 89 heavy (non-hydrogen) atoms. The van der Waals surface area contributed by atoms with Crippen molar-refractivity contribution in [1.29, 1.82) is 0 Å². The monoisotopic (exact) mass is 1280 g/mol. The number of amides is 4. The highest BCUT2D eigenvalue weighted by Crippen LogP contribution is 2.48. The summed E-state index contributed by atoms with van der Waals surface area (Å²) in [4.78, 5) is 59.0. The van der Waals surface area contributed by atoms with Gasteiger partial charge in [0.2, 0.25) is 12.6 Å². The number of carbonyl (C=O) groups is 4. The van der Waals surface area contributed by atoms with E-state index in [2.05, 4.69) is 15.3 Å². The molecule has 478 valence electrons. The number of nitrogens with one attached hydrogen (secondary N) is 1. The summed E-state index contributed by atoms with van der Waals surface area (Å²) < 4.78 is 81.4. The number of aliphatic hydroxyl groups excluding tert-OH is 8. The topological polar surface area (TPSA) is 404 Å². The van der Waals surface area contributed by atoms with E-state index in [-0.39, 0.29) is 97.6 Å². The van der Waals surface area contributed by atoms with Crippen molar-refractivity contribution in [2.24, 2.45) is 0 Å². The van der Waals surface area contributed by atoms with Crippen molar-refractivity contribution in [2.45, 2.75) is 80.3 Å². The van der Waals surface area contributed by atoms with Crippen LogP contribution >= 0.6 is 11.6 Å². The van der Waals surface area contributed by atoms with Crippen molar-refractivity contribution < 1.29 is 110 Å². The molecule has 0 bridgehead atoms. The van der Waals surface area contributed by atoms with Gasteiger partial charge in [-0.1, -0.05) is 5.21 Å². The summed E-state index contributed by atoms with van der Waals surface area (Å²) in [7, 11) is -2.45. The fourth-order valence-corrected chi connectivity index (χ4v) is 11.5. The minimum Gasteiger partial charge on any atom is -0.497 e. The molecule has 11 atom stereocenters. The lowest BCUT2D eigenvalue weighted by Crippen LogP contribution is -2.60. The average Bonchev–Trinajstić information content (AvgIpc) is 1.70. The molecule has 6 heterocycles. The average molecular weight is 1280 g/mol. The van der Waals surface area contributed by atoms with Crippen molar-refractivity contribution in [3.63, 3.8) is 0 Å². The van der Waals surface area contributed by atoms with Crippen molar-refractivity contribution in [3.05, 3.63) is 108 Å². The maximum absolute atomic E-state index is 14.7.